The molecule has 1 aromatic heterocycles. The Morgan fingerprint density at radius 2 is 2.18 bits per heavy atom. The van der Waals surface area contributed by atoms with Crippen LogP contribution in [0.3, 0.4) is 0 Å². The number of hydrazine groups is 1. The molecule has 88 valence electrons. The Morgan fingerprint density at radius 3 is 2.82 bits per heavy atom. The van der Waals surface area contributed by atoms with E-state index in [9.17, 15) is 10.1 Å². The van der Waals surface area contributed by atoms with Crippen LogP contribution in [0.1, 0.15) is 5.56 Å². The third kappa shape index (κ3) is 3.15. The topological polar surface area (TPSA) is 76.9 Å². The zero-order chi connectivity index (χ0) is 12.3. The number of benzene rings is 1. The molecule has 2 rings (SSSR count). The van der Waals surface area contributed by atoms with Gasteiger partial charge in [0.05, 0.1) is 6.54 Å². The molecule has 7 nitrogen and oxygen atoms in total. The van der Waals surface area contributed by atoms with Crippen molar-refractivity contribution in [2.75, 3.05) is 5.53 Å². The van der Waals surface area contributed by atoms with E-state index in [1.54, 1.807) is 16.8 Å². The summed E-state index contributed by atoms with van der Waals surface area (Å²) in [6, 6.07) is 7.30. The van der Waals surface area contributed by atoms with E-state index in [1.807, 2.05) is 17.7 Å². The minimum atomic E-state index is -0.658. The van der Waals surface area contributed by atoms with Crippen LogP contribution in [0, 0.1) is 10.1 Å². The smallest absolute Gasteiger partial charge is 0.231 e. The van der Waals surface area contributed by atoms with Crippen molar-refractivity contribution in [2.45, 2.75) is 6.54 Å². The Hall–Kier alpha value is -2.15. The van der Waals surface area contributed by atoms with E-state index in [4.69, 9.17) is 11.6 Å². The van der Waals surface area contributed by atoms with Crippen molar-refractivity contribution in [3.05, 3.63) is 57.6 Å². The van der Waals surface area contributed by atoms with Gasteiger partial charge in [0.1, 0.15) is 5.53 Å². The molecule has 0 saturated heterocycles. The van der Waals surface area contributed by atoms with Gasteiger partial charge < -0.3 is 0 Å². The minimum absolute atomic E-state index is 0.517. The molecule has 0 radical (unpaired) electrons. The van der Waals surface area contributed by atoms with Gasteiger partial charge in [-0.25, -0.2) is 14.8 Å². The first kappa shape index (κ1) is 11.3. The second-order valence-electron chi connectivity index (χ2n) is 3.33. The summed E-state index contributed by atoms with van der Waals surface area (Å²) in [6.45, 7) is 0.517. The summed E-state index contributed by atoms with van der Waals surface area (Å²) >= 11 is 5.76. The van der Waals surface area contributed by atoms with Gasteiger partial charge in [0, 0.05) is 9.70 Å². The molecule has 8 heteroatoms. The predicted molar refractivity (Wildman–Crippen MR) is 59.3 cm³/mol. The van der Waals surface area contributed by atoms with E-state index in [0.29, 0.717) is 11.6 Å². The van der Waals surface area contributed by atoms with E-state index in [-0.39, 0.29) is 0 Å². The highest BCUT2D eigenvalue weighted by Gasteiger charge is 2.10. The van der Waals surface area contributed by atoms with E-state index < -0.39 is 5.03 Å². The van der Waals surface area contributed by atoms with Crippen LogP contribution in [0.5, 0.6) is 0 Å². The van der Waals surface area contributed by atoms with Gasteiger partial charge in [-0.3, -0.25) is 0 Å². The number of hydrogen-bond donors (Lipinski definition) is 1. The number of nitrogens with zero attached hydrogens (tertiary/aromatic N) is 4. The zero-order valence-corrected chi connectivity index (χ0v) is 9.41. The Morgan fingerprint density at radius 1 is 1.47 bits per heavy atom. The fourth-order valence-electron chi connectivity index (χ4n) is 1.33. The third-order valence-electron chi connectivity index (χ3n) is 2.04. The van der Waals surface area contributed by atoms with Crippen molar-refractivity contribution in [2.24, 2.45) is 0 Å². The summed E-state index contributed by atoms with van der Waals surface area (Å²) in [5.41, 5.74) is 2.96. The van der Waals surface area contributed by atoms with Crippen molar-refractivity contribution in [1.82, 2.24) is 9.78 Å². The molecule has 0 aliphatic carbocycles. The number of hydrogen-bond acceptors (Lipinski definition) is 3. The summed E-state index contributed by atoms with van der Waals surface area (Å²) in [7, 11) is 0. The fourth-order valence-corrected chi connectivity index (χ4v) is 1.46. The highest BCUT2D eigenvalue weighted by atomic mass is 35.5. The van der Waals surface area contributed by atoms with Crippen LogP contribution in [0.2, 0.25) is 5.02 Å². The van der Waals surface area contributed by atoms with Crippen molar-refractivity contribution in [1.29, 1.82) is 0 Å². The number of nitro groups is 1. The molecular formula is C9H9ClN5O2+. The molecule has 17 heavy (non-hydrogen) atoms. The first-order valence-electron chi connectivity index (χ1n) is 4.73. The largest absolute Gasteiger partial charge is 0.318 e. The summed E-state index contributed by atoms with van der Waals surface area (Å²) in [4.78, 5) is 10.2. The molecule has 1 N–H and O–H groups in total. The Kier molecular flexibility index (Phi) is 3.20. The van der Waals surface area contributed by atoms with Crippen LogP contribution in [0.15, 0.2) is 36.9 Å². The average molecular weight is 255 g/mol. The molecule has 0 aliphatic rings. The SMILES string of the molecule is O=[N+]([O-])N[n+]1cnn(Cc2ccc(Cl)cc2)c1. The van der Waals surface area contributed by atoms with Crippen LogP contribution >= 0.6 is 11.6 Å². The van der Waals surface area contributed by atoms with Gasteiger partial charge in [-0.15, -0.1) is 5.10 Å². The zero-order valence-electron chi connectivity index (χ0n) is 8.65. The average Bonchev–Trinajstić information content (AvgIpc) is 2.68. The third-order valence-corrected chi connectivity index (χ3v) is 2.29. The van der Waals surface area contributed by atoms with Crippen molar-refractivity contribution >= 4 is 11.6 Å². The van der Waals surface area contributed by atoms with Crippen LogP contribution in [-0.4, -0.2) is 14.8 Å². The first-order chi connectivity index (χ1) is 8.13. The fraction of sp³-hybridized carbons (Fsp3) is 0.111. The maximum absolute atomic E-state index is 10.2. The number of nitrogens with one attached hydrogen (secondary N) is 1. The van der Waals surface area contributed by atoms with Crippen molar-refractivity contribution in [3.8, 4) is 0 Å². The molecule has 0 unspecified atom stereocenters. The lowest BCUT2D eigenvalue weighted by Crippen LogP contribution is -2.46. The molecule has 0 atom stereocenters. The highest BCUT2D eigenvalue weighted by Crippen LogP contribution is 2.09. The first-order valence-corrected chi connectivity index (χ1v) is 5.10. The predicted octanol–water partition coefficient (Wildman–Crippen LogP) is 0.607. The summed E-state index contributed by atoms with van der Waals surface area (Å²) in [6.07, 6.45) is 2.80. The van der Waals surface area contributed by atoms with Crippen LogP contribution < -0.4 is 10.2 Å². The van der Waals surface area contributed by atoms with E-state index in [0.717, 1.165) is 10.2 Å². The van der Waals surface area contributed by atoms with Crippen LogP contribution in [-0.2, 0) is 6.54 Å². The Balaban J connectivity index is 2.06. The summed E-state index contributed by atoms with van der Waals surface area (Å²) in [5, 5.41) is 14.2. The lowest BCUT2D eigenvalue weighted by atomic mass is 10.2. The summed E-state index contributed by atoms with van der Waals surface area (Å²) in [5.74, 6) is 0. The second-order valence-corrected chi connectivity index (χ2v) is 3.77. The van der Waals surface area contributed by atoms with Gasteiger partial charge in [-0.05, 0) is 17.7 Å². The maximum atomic E-state index is 10.2. The van der Waals surface area contributed by atoms with E-state index >= 15 is 0 Å². The monoisotopic (exact) mass is 254 g/mol. The van der Waals surface area contributed by atoms with Gasteiger partial charge in [-0.2, -0.15) is 0 Å². The molecule has 0 bridgehead atoms. The molecule has 1 aromatic carbocycles. The number of halogens is 1. The lowest BCUT2D eigenvalue weighted by Gasteiger charge is -1.98. The molecule has 0 aliphatic heterocycles. The molecular weight excluding hydrogens is 246 g/mol. The Bertz CT molecular complexity index is 524. The van der Waals surface area contributed by atoms with E-state index in [1.165, 1.54) is 12.7 Å². The van der Waals surface area contributed by atoms with Gasteiger partial charge in [0.15, 0.2) is 0 Å². The Labute approximate surface area is 101 Å². The summed E-state index contributed by atoms with van der Waals surface area (Å²) < 4.78 is 2.73. The van der Waals surface area contributed by atoms with Gasteiger partial charge >= 0.3 is 6.33 Å². The molecule has 1 heterocycles. The van der Waals surface area contributed by atoms with E-state index in [2.05, 4.69) is 5.10 Å². The number of aromatic nitrogens is 3. The standard InChI is InChI=1S/C9H9ClN5O2/c10-9-3-1-8(2-4-9)5-13-7-14(6-11-13)12-15(16)17/h1-4,6-7,12H,5H2/q+1. The molecule has 0 amide bonds. The van der Waals surface area contributed by atoms with Crippen molar-refractivity contribution < 1.29 is 9.71 Å². The van der Waals surface area contributed by atoms with Crippen LogP contribution in [0.4, 0.5) is 0 Å². The maximum Gasteiger partial charge on any atom is 0.318 e. The molecule has 0 fully saturated rings. The van der Waals surface area contributed by atoms with Gasteiger partial charge in [-0.1, -0.05) is 23.7 Å². The van der Waals surface area contributed by atoms with Crippen LogP contribution in [0.25, 0.3) is 0 Å². The highest BCUT2D eigenvalue weighted by molar-refractivity contribution is 6.30. The minimum Gasteiger partial charge on any atom is -0.231 e. The molecule has 0 spiro atoms. The number of rotatable bonds is 4. The lowest BCUT2D eigenvalue weighted by molar-refractivity contribution is -0.774. The molecule has 0 saturated carbocycles. The van der Waals surface area contributed by atoms with Gasteiger partial charge in [0.2, 0.25) is 5.03 Å². The normalized spacial score (nSPS) is 10.2. The van der Waals surface area contributed by atoms with Gasteiger partial charge in [0.25, 0.3) is 6.33 Å². The van der Waals surface area contributed by atoms with Crippen molar-refractivity contribution in [3.63, 3.8) is 0 Å². The quantitative estimate of drug-likeness (QED) is 0.493. The second kappa shape index (κ2) is 4.79. The molecule has 2 aromatic rings.